The number of hydrogen-bond donors (Lipinski definition) is 1. The second-order valence-electron chi connectivity index (χ2n) is 9.63. The summed E-state index contributed by atoms with van der Waals surface area (Å²) >= 11 is 5.99. The largest absolute Gasteiger partial charge is 0.494 e. The standard InChI is InChI=1S/C30H35ClFN3O5S/c1-5-28(30(37)33-21(3)4)34(19-22-7-11-24(32)12-8-22)29(36)20-35(25-13-15-26(16-14-25)40-6-2)41(38,39)27-17-9-23(31)10-18-27/h7-18,21,28H,5-6,19-20H2,1-4H3,(H,33,37). The molecule has 2 amide bonds. The van der Waals surface area contributed by atoms with Crippen LogP contribution >= 0.6 is 11.6 Å². The number of carbonyl (C=O) groups is 2. The van der Waals surface area contributed by atoms with Gasteiger partial charge in [0.2, 0.25) is 11.8 Å². The molecule has 220 valence electrons. The number of sulfonamides is 1. The van der Waals surface area contributed by atoms with Crippen molar-refractivity contribution in [2.24, 2.45) is 0 Å². The summed E-state index contributed by atoms with van der Waals surface area (Å²) in [6.45, 7) is 7.03. The van der Waals surface area contributed by atoms with E-state index in [-0.39, 0.29) is 35.5 Å². The van der Waals surface area contributed by atoms with Crippen LogP contribution in [0.3, 0.4) is 0 Å². The maximum Gasteiger partial charge on any atom is 0.264 e. The van der Waals surface area contributed by atoms with Crippen molar-refractivity contribution in [3.8, 4) is 5.75 Å². The normalized spacial score (nSPS) is 12.1. The molecular formula is C30H35ClFN3O5S. The van der Waals surface area contributed by atoms with E-state index in [2.05, 4.69) is 5.32 Å². The van der Waals surface area contributed by atoms with E-state index in [0.29, 0.717) is 22.9 Å². The summed E-state index contributed by atoms with van der Waals surface area (Å²) in [6.07, 6.45) is 0.276. The molecule has 0 aromatic heterocycles. The number of nitrogens with one attached hydrogen (secondary N) is 1. The molecule has 3 aromatic carbocycles. The highest BCUT2D eigenvalue weighted by atomic mass is 35.5. The Morgan fingerprint density at radius 1 is 0.951 bits per heavy atom. The van der Waals surface area contributed by atoms with Crippen molar-refractivity contribution in [3.63, 3.8) is 0 Å². The van der Waals surface area contributed by atoms with Crippen LogP contribution in [0.1, 0.15) is 39.7 Å². The number of hydrogen-bond acceptors (Lipinski definition) is 5. The number of carbonyl (C=O) groups excluding carboxylic acids is 2. The van der Waals surface area contributed by atoms with Crippen LogP contribution in [0.25, 0.3) is 0 Å². The molecule has 0 bridgehead atoms. The Morgan fingerprint density at radius 2 is 1.56 bits per heavy atom. The first-order valence-corrected chi connectivity index (χ1v) is 15.1. The predicted octanol–water partition coefficient (Wildman–Crippen LogP) is 5.41. The topological polar surface area (TPSA) is 96.0 Å². The SMILES string of the molecule is CCOc1ccc(N(CC(=O)N(Cc2ccc(F)cc2)C(CC)C(=O)NC(C)C)S(=O)(=O)c2ccc(Cl)cc2)cc1. The highest BCUT2D eigenvalue weighted by Gasteiger charge is 2.34. The van der Waals surface area contributed by atoms with E-state index in [0.717, 1.165) is 4.31 Å². The molecule has 1 unspecified atom stereocenters. The van der Waals surface area contributed by atoms with Gasteiger partial charge in [0.1, 0.15) is 24.2 Å². The van der Waals surface area contributed by atoms with E-state index >= 15 is 0 Å². The van der Waals surface area contributed by atoms with Gasteiger partial charge in [0.05, 0.1) is 17.2 Å². The number of halogens is 2. The molecule has 0 saturated carbocycles. The van der Waals surface area contributed by atoms with Crippen LogP contribution in [-0.2, 0) is 26.2 Å². The Kier molecular flexibility index (Phi) is 11.1. The van der Waals surface area contributed by atoms with Gasteiger partial charge in [-0.1, -0.05) is 30.7 Å². The lowest BCUT2D eigenvalue weighted by atomic mass is 10.1. The van der Waals surface area contributed by atoms with Crippen molar-refractivity contribution in [1.82, 2.24) is 10.2 Å². The summed E-state index contributed by atoms with van der Waals surface area (Å²) < 4.78 is 47.9. The van der Waals surface area contributed by atoms with Crippen molar-refractivity contribution in [1.29, 1.82) is 0 Å². The van der Waals surface area contributed by atoms with Crippen molar-refractivity contribution in [2.45, 2.75) is 57.6 Å². The lowest BCUT2D eigenvalue weighted by Gasteiger charge is -2.33. The molecule has 0 spiro atoms. The Labute approximate surface area is 246 Å². The number of rotatable bonds is 13. The fourth-order valence-corrected chi connectivity index (χ4v) is 5.76. The number of anilines is 1. The van der Waals surface area contributed by atoms with Gasteiger partial charge in [0.15, 0.2) is 0 Å². The molecule has 0 radical (unpaired) electrons. The lowest BCUT2D eigenvalue weighted by Crippen LogP contribution is -2.53. The maximum absolute atomic E-state index is 14.0. The summed E-state index contributed by atoms with van der Waals surface area (Å²) in [4.78, 5) is 28.4. The fraction of sp³-hybridized carbons (Fsp3) is 0.333. The molecule has 1 atom stereocenters. The zero-order valence-electron chi connectivity index (χ0n) is 23.5. The van der Waals surface area contributed by atoms with Gasteiger partial charge in [-0.15, -0.1) is 0 Å². The van der Waals surface area contributed by atoms with E-state index in [1.165, 1.54) is 53.4 Å². The van der Waals surface area contributed by atoms with E-state index in [1.54, 1.807) is 31.2 Å². The van der Waals surface area contributed by atoms with E-state index < -0.39 is 34.3 Å². The first kappa shape index (κ1) is 31.9. The summed E-state index contributed by atoms with van der Waals surface area (Å²) in [5, 5.41) is 3.20. The second kappa shape index (κ2) is 14.3. The average molecular weight is 604 g/mol. The van der Waals surface area contributed by atoms with Gasteiger partial charge >= 0.3 is 0 Å². The van der Waals surface area contributed by atoms with E-state index in [9.17, 15) is 22.4 Å². The molecule has 0 saturated heterocycles. The van der Waals surface area contributed by atoms with Crippen LogP contribution in [0.2, 0.25) is 5.02 Å². The van der Waals surface area contributed by atoms with Crippen LogP contribution in [-0.4, -0.2) is 50.4 Å². The molecular weight excluding hydrogens is 569 g/mol. The number of nitrogens with zero attached hydrogens (tertiary/aromatic N) is 2. The van der Waals surface area contributed by atoms with Gasteiger partial charge in [0.25, 0.3) is 10.0 Å². The molecule has 3 aromatic rings. The maximum atomic E-state index is 14.0. The molecule has 11 heteroatoms. The monoisotopic (exact) mass is 603 g/mol. The van der Waals surface area contributed by atoms with Gasteiger partial charge in [-0.3, -0.25) is 13.9 Å². The zero-order chi connectivity index (χ0) is 30.2. The molecule has 0 heterocycles. The van der Waals surface area contributed by atoms with Crippen LogP contribution in [0.15, 0.2) is 77.7 Å². The van der Waals surface area contributed by atoms with Gasteiger partial charge in [-0.25, -0.2) is 12.8 Å². The second-order valence-corrected chi connectivity index (χ2v) is 11.9. The third-order valence-corrected chi connectivity index (χ3v) is 8.24. The summed E-state index contributed by atoms with van der Waals surface area (Å²) in [5.74, 6) is -0.870. The summed E-state index contributed by atoms with van der Waals surface area (Å²) in [7, 11) is -4.24. The quantitative estimate of drug-likeness (QED) is 0.282. The molecule has 0 aliphatic heterocycles. The van der Waals surface area contributed by atoms with Crippen molar-refractivity contribution in [2.75, 3.05) is 17.5 Å². The Bertz CT molecular complexity index is 1420. The van der Waals surface area contributed by atoms with Crippen LogP contribution in [0.5, 0.6) is 5.75 Å². The first-order valence-electron chi connectivity index (χ1n) is 13.3. The van der Waals surface area contributed by atoms with Crippen molar-refractivity contribution >= 4 is 39.1 Å². The Morgan fingerprint density at radius 3 is 2.10 bits per heavy atom. The van der Waals surface area contributed by atoms with E-state index in [4.69, 9.17) is 16.3 Å². The third-order valence-electron chi connectivity index (χ3n) is 6.20. The predicted molar refractivity (Wildman–Crippen MR) is 158 cm³/mol. The van der Waals surface area contributed by atoms with Crippen LogP contribution in [0.4, 0.5) is 10.1 Å². The van der Waals surface area contributed by atoms with Crippen LogP contribution in [0, 0.1) is 5.82 Å². The van der Waals surface area contributed by atoms with Crippen LogP contribution < -0.4 is 14.4 Å². The molecule has 8 nitrogen and oxygen atoms in total. The number of ether oxygens (including phenoxy) is 1. The molecule has 3 rings (SSSR count). The fourth-order valence-electron chi connectivity index (χ4n) is 4.22. The van der Waals surface area contributed by atoms with Gasteiger partial charge < -0.3 is 15.0 Å². The summed E-state index contributed by atoms with van der Waals surface area (Å²) in [5.41, 5.74) is 0.821. The minimum Gasteiger partial charge on any atom is -0.494 e. The highest BCUT2D eigenvalue weighted by molar-refractivity contribution is 7.92. The minimum absolute atomic E-state index is 0.0265. The zero-order valence-corrected chi connectivity index (χ0v) is 25.1. The van der Waals surface area contributed by atoms with Crippen molar-refractivity contribution < 1.29 is 27.1 Å². The van der Waals surface area contributed by atoms with Crippen molar-refractivity contribution in [3.05, 3.63) is 89.2 Å². The number of benzene rings is 3. The molecule has 1 N–H and O–H groups in total. The van der Waals surface area contributed by atoms with E-state index in [1.807, 2.05) is 20.8 Å². The minimum atomic E-state index is -4.24. The van der Waals surface area contributed by atoms with Gasteiger partial charge in [-0.2, -0.15) is 0 Å². The third kappa shape index (κ3) is 8.43. The Hall–Kier alpha value is -3.63. The molecule has 0 aliphatic rings. The smallest absolute Gasteiger partial charge is 0.264 e. The summed E-state index contributed by atoms with van der Waals surface area (Å²) in [6, 6.07) is 16.5. The molecule has 0 aliphatic carbocycles. The van der Waals surface area contributed by atoms with Gasteiger partial charge in [-0.05, 0) is 93.4 Å². The molecule has 0 fully saturated rings. The highest BCUT2D eigenvalue weighted by Crippen LogP contribution is 2.27. The molecule has 41 heavy (non-hydrogen) atoms. The Balaban J connectivity index is 2.06. The average Bonchev–Trinajstić information content (AvgIpc) is 2.93. The number of amides is 2. The first-order chi connectivity index (χ1) is 19.5. The lowest BCUT2D eigenvalue weighted by molar-refractivity contribution is -0.140. The van der Waals surface area contributed by atoms with Gasteiger partial charge in [0, 0.05) is 17.6 Å².